The lowest BCUT2D eigenvalue weighted by molar-refractivity contribution is -0.134. The Kier molecular flexibility index (Phi) is 13.8. The number of hydrogen-bond acceptors (Lipinski definition) is 15. The Morgan fingerprint density at radius 3 is 2.37 bits per heavy atom. The van der Waals surface area contributed by atoms with Crippen LogP contribution in [0.2, 0.25) is 0 Å². The van der Waals surface area contributed by atoms with Crippen molar-refractivity contribution in [3.63, 3.8) is 0 Å². The number of halogens is 2. The topological polar surface area (TPSA) is 237 Å². The molecule has 3 N–H and O–H groups in total. The number of nitrogens with zero attached hydrogens (tertiary/aromatic N) is 9. The second kappa shape index (κ2) is 19.9. The van der Waals surface area contributed by atoms with Crippen LogP contribution in [0.5, 0.6) is 17.2 Å². The molecule has 8 rings (SSSR count). The van der Waals surface area contributed by atoms with Gasteiger partial charge < -0.3 is 24.6 Å². The Balaban J connectivity index is 0.853. The summed E-state index contributed by atoms with van der Waals surface area (Å²) in [5.74, 6) is -2.00. The van der Waals surface area contributed by atoms with E-state index >= 15 is 8.78 Å². The van der Waals surface area contributed by atoms with Crippen LogP contribution < -0.4 is 35.3 Å². The number of imide groups is 1. The quantitative estimate of drug-likeness (QED) is 0.135. The highest BCUT2D eigenvalue weighted by Crippen LogP contribution is 2.37. The van der Waals surface area contributed by atoms with Crippen molar-refractivity contribution in [2.24, 2.45) is 0 Å². The van der Waals surface area contributed by atoms with Gasteiger partial charge in [0.15, 0.2) is 11.6 Å². The first-order valence-electron chi connectivity index (χ1n) is 21.9. The Labute approximate surface area is 389 Å². The third-order valence-corrected chi connectivity index (χ3v) is 13.9. The predicted molar refractivity (Wildman–Crippen MR) is 245 cm³/mol. The number of piperazine rings is 1. The van der Waals surface area contributed by atoms with Gasteiger partial charge in [-0.15, -0.1) is 0 Å². The van der Waals surface area contributed by atoms with E-state index in [1.165, 1.54) is 61.7 Å². The molecule has 3 amide bonds. The molecule has 3 aliphatic heterocycles. The molecule has 1 unspecified atom stereocenters. The number of hydrogen-bond donors (Lipinski definition) is 3. The number of benzene rings is 3. The third-order valence-electron chi connectivity index (χ3n) is 12.4. The molecule has 0 bridgehead atoms. The van der Waals surface area contributed by atoms with Crippen LogP contribution in [0.1, 0.15) is 49.7 Å². The molecule has 1 atom stereocenters. The summed E-state index contributed by atoms with van der Waals surface area (Å²) in [6.07, 6.45) is 6.03. The van der Waals surface area contributed by atoms with Gasteiger partial charge in [0, 0.05) is 52.3 Å². The summed E-state index contributed by atoms with van der Waals surface area (Å²) in [5.41, 5.74) is 0.362. The fourth-order valence-corrected chi connectivity index (χ4v) is 9.28. The summed E-state index contributed by atoms with van der Waals surface area (Å²) < 4.78 is 71.8. The second-order valence-corrected chi connectivity index (χ2v) is 18.3. The standard InChI is InChI=1S/C45H48F2N12O8S/c1-4-55(2)68(64,65)54-36-8-6-33(46)42(32(36)22-48)67-29-5-7-35-31(19-29)44(63)59(26-51-35)28-23-49-45(50-24-28)58-17-15-57(16-18-58)41(61)25-56-13-11-27(12-14-56)30-20-39(66-3)38(21-34(30)47)52-37-9-10-40(60)53-43(37)62/h5-8,19-21,23-24,26-27,37,52,54H,4,9-18,25H2,1-3H3,(H,53,60,62). The number of carbonyl (C=O) groups is 3. The van der Waals surface area contributed by atoms with Gasteiger partial charge in [0.05, 0.1) is 54.0 Å². The zero-order valence-corrected chi connectivity index (χ0v) is 38.2. The molecular formula is C45H48F2N12O8S. The molecule has 3 aromatic carbocycles. The molecule has 356 valence electrons. The van der Waals surface area contributed by atoms with Gasteiger partial charge in [-0.1, -0.05) is 6.92 Å². The van der Waals surface area contributed by atoms with E-state index in [4.69, 9.17) is 9.47 Å². The molecule has 5 aromatic rings. The molecule has 0 radical (unpaired) electrons. The number of anilines is 3. The van der Waals surface area contributed by atoms with Crippen molar-refractivity contribution in [1.82, 2.24) is 38.9 Å². The van der Waals surface area contributed by atoms with Crippen molar-refractivity contribution >= 4 is 56.2 Å². The molecule has 3 aliphatic rings. The number of ether oxygens (including phenoxy) is 2. The number of nitriles is 1. The lowest BCUT2D eigenvalue weighted by Crippen LogP contribution is -2.52. The minimum Gasteiger partial charge on any atom is -0.495 e. The number of piperidine rings is 2. The van der Waals surface area contributed by atoms with Gasteiger partial charge in [0.25, 0.3) is 5.56 Å². The van der Waals surface area contributed by atoms with Crippen LogP contribution in [0.25, 0.3) is 16.6 Å². The second-order valence-electron chi connectivity index (χ2n) is 16.5. The van der Waals surface area contributed by atoms with Crippen LogP contribution in [0, 0.1) is 23.0 Å². The SMILES string of the molecule is CCN(C)S(=O)(=O)Nc1ccc(F)c(Oc2ccc3ncn(-c4cnc(N5CCN(C(=O)CN6CCC(c7cc(OC)c(NC8CCC(=O)NC8=O)cc7F)CC6)CC5)nc4)c(=O)c3c2)c1C#N. The van der Waals surface area contributed by atoms with Crippen LogP contribution in [-0.4, -0.2) is 132 Å². The van der Waals surface area contributed by atoms with Crippen molar-refractivity contribution in [3.05, 3.63) is 94.3 Å². The van der Waals surface area contributed by atoms with Crippen LogP contribution in [0.4, 0.5) is 26.1 Å². The highest BCUT2D eigenvalue weighted by molar-refractivity contribution is 7.90. The molecule has 5 heterocycles. The fourth-order valence-electron chi connectivity index (χ4n) is 8.34. The summed E-state index contributed by atoms with van der Waals surface area (Å²) in [5, 5.41) is 15.3. The monoisotopic (exact) mass is 954 g/mol. The minimum atomic E-state index is -4.05. The summed E-state index contributed by atoms with van der Waals surface area (Å²) in [7, 11) is -1.23. The van der Waals surface area contributed by atoms with Crippen LogP contribution in [0.3, 0.4) is 0 Å². The van der Waals surface area contributed by atoms with Gasteiger partial charge in [0.1, 0.15) is 41.3 Å². The maximum absolute atomic E-state index is 15.5. The number of amides is 3. The maximum Gasteiger partial charge on any atom is 0.301 e. The number of carbonyl (C=O) groups excluding carboxylic acids is 3. The molecule has 3 fully saturated rings. The Hall–Kier alpha value is -7.29. The van der Waals surface area contributed by atoms with Crippen LogP contribution >= 0.6 is 0 Å². The molecular weight excluding hydrogens is 907 g/mol. The lowest BCUT2D eigenvalue weighted by atomic mass is 9.88. The fraction of sp³-hybridized carbons (Fsp3) is 0.378. The predicted octanol–water partition coefficient (Wildman–Crippen LogP) is 3.48. The van der Waals surface area contributed by atoms with E-state index in [2.05, 4.69) is 35.2 Å². The molecule has 0 spiro atoms. The summed E-state index contributed by atoms with van der Waals surface area (Å²) in [6, 6.07) is 10.5. The summed E-state index contributed by atoms with van der Waals surface area (Å²) >= 11 is 0. The van der Waals surface area contributed by atoms with Crippen molar-refractivity contribution in [1.29, 1.82) is 5.26 Å². The Morgan fingerprint density at radius 1 is 0.956 bits per heavy atom. The van der Waals surface area contributed by atoms with E-state index in [0.717, 1.165) is 16.4 Å². The van der Waals surface area contributed by atoms with Gasteiger partial charge in [-0.3, -0.25) is 38.7 Å². The average molecular weight is 955 g/mol. The molecule has 68 heavy (non-hydrogen) atoms. The van der Waals surface area contributed by atoms with E-state index in [0.29, 0.717) is 92.7 Å². The first kappa shape index (κ1) is 47.2. The Bertz CT molecular complexity index is 2970. The summed E-state index contributed by atoms with van der Waals surface area (Å²) in [6.45, 7) is 5.03. The third kappa shape index (κ3) is 10.0. The van der Waals surface area contributed by atoms with Crippen molar-refractivity contribution in [2.75, 3.05) is 81.5 Å². The van der Waals surface area contributed by atoms with Crippen molar-refractivity contribution < 1.29 is 41.1 Å². The number of aromatic nitrogens is 4. The largest absolute Gasteiger partial charge is 0.495 e. The number of nitrogens with one attached hydrogen (secondary N) is 3. The molecule has 2 aromatic heterocycles. The molecule has 3 saturated heterocycles. The number of methoxy groups -OCH3 is 1. The van der Waals surface area contributed by atoms with E-state index < -0.39 is 50.7 Å². The number of rotatable bonds is 14. The van der Waals surface area contributed by atoms with Crippen molar-refractivity contribution in [3.8, 4) is 29.0 Å². The van der Waals surface area contributed by atoms with Gasteiger partial charge in [0.2, 0.25) is 23.7 Å². The maximum atomic E-state index is 15.5. The highest BCUT2D eigenvalue weighted by Gasteiger charge is 2.31. The van der Waals surface area contributed by atoms with E-state index in [1.54, 1.807) is 24.0 Å². The van der Waals surface area contributed by atoms with Crippen LogP contribution in [-0.2, 0) is 24.6 Å². The van der Waals surface area contributed by atoms with E-state index in [-0.39, 0.29) is 54.1 Å². The number of fused-ring (bicyclic) bond motifs is 1. The highest BCUT2D eigenvalue weighted by atomic mass is 32.2. The number of likely N-dealkylation sites (tertiary alicyclic amines) is 1. The lowest BCUT2D eigenvalue weighted by Gasteiger charge is -2.37. The molecule has 0 aliphatic carbocycles. The van der Waals surface area contributed by atoms with E-state index in [1.807, 2.05) is 4.90 Å². The zero-order chi connectivity index (χ0) is 48.3. The van der Waals surface area contributed by atoms with Crippen LogP contribution in [0.15, 0.2) is 66.0 Å². The van der Waals surface area contributed by atoms with E-state index in [9.17, 15) is 32.9 Å². The normalized spacial score (nSPS) is 17.2. The van der Waals surface area contributed by atoms with Gasteiger partial charge >= 0.3 is 10.2 Å². The molecule has 20 nitrogen and oxygen atoms in total. The smallest absolute Gasteiger partial charge is 0.301 e. The first-order chi connectivity index (χ1) is 32.7. The van der Waals surface area contributed by atoms with Gasteiger partial charge in [-0.05, 0) is 80.2 Å². The molecule has 23 heteroatoms. The summed E-state index contributed by atoms with van der Waals surface area (Å²) in [4.78, 5) is 70.2. The minimum absolute atomic E-state index is 0.00985. The van der Waals surface area contributed by atoms with Gasteiger partial charge in [-0.25, -0.2) is 23.7 Å². The van der Waals surface area contributed by atoms with Crippen molar-refractivity contribution in [2.45, 2.75) is 44.6 Å². The zero-order valence-electron chi connectivity index (χ0n) is 37.4. The van der Waals surface area contributed by atoms with Gasteiger partial charge in [-0.2, -0.15) is 18.0 Å². The first-order valence-corrected chi connectivity index (χ1v) is 23.3. The average Bonchev–Trinajstić information content (AvgIpc) is 3.34. The Morgan fingerprint density at radius 2 is 1.69 bits per heavy atom. The molecule has 0 saturated carbocycles.